The maximum absolute atomic E-state index is 16.0. The molecule has 0 aliphatic rings. The predicted octanol–water partition coefficient (Wildman–Crippen LogP) is 12.2. The molecule has 0 fully saturated rings. The summed E-state index contributed by atoms with van der Waals surface area (Å²) in [5, 5.41) is 3.45. The molecule has 0 atom stereocenters. The van der Waals surface area contributed by atoms with Crippen molar-refractivity contribution in [3.05, 3.63) is 200 Å². The van der Waals surface area contributed by atoms with Crippen LogP contribution in [0.4, 0.5) is 14.5 Å². The predicted molar refractivity (Wildman–Crippen MR) is 251 cm³/mol. The molecular formula is C53H29F2N11. The summed E-state index contributed by atoms with van der Waals surface area (Å²) in [6, 6.07) is 38.3. The van der Waals surface area contributed by atoms with Crippen molar-refractivity contribution < 1.29 is 8.78 Å². The molecular weight excluding hydrogens is 829 g/mol. The van der Waals surface area contributed by atoms with Crippen molar-refractivity contribution in [2.24, 2.45) is 0 Å². The molecule has 6 aromatic carbocycles. The fraction of sp³-hybridized carbons (Fsp3) is 0. The highest BCUT2D eigenvalue weighted by atomic mass is 19.1. The first-order valence-electron chi connectivity index (χ1n) is 20.8. The average Bonchev–Trinajstić information content (AvgIpc) is 3.88. The SMILES string of the molecule is [C-]#[N+]c1cc(-n2c3ccc(-c4ncccn4)cc3c3cc(-c4ncccn4)ccc32)c(-n2c3ccc(-c4ncccn4)cc3c3cc(-c4ncccn4)ccc32)cc1-c1c(F)cccc1F. The zero-order chi connectivity index (χ0) is 44.3. The summed E-state index contributed by atoms with van der Waals surface area (Å²) in [7, 11) is 0. The number of aromatic nitrogens is 10. The van der Waals surface area contributed by atoms with E-state index in [1.165, 1.54) is 18.2 Å². The summed E-state index contributed by atoms with van der Waals surface area (Å²) >= 11 is 0. The van der Waals surface area contributed by atoms with E-state index in [4.69, 9.17) is 6.57 Å². The topological polar surface area (TPSA) is 117 Å². The summed E-state index contributed by atoms with van der Waals surface area (Å²) in [6.07, 6.45) is 13.6. The van der Waals surface area contributed by atoms with Crippen LogP contribution >= 0.6 is 0 Å². The second-order valence-electron chi connectivity index (χ2n) is 15.5. The number of hydrogen-bond acceptors (Lipinski definition) is 8. The van der Waals surface area contributed by atoms with Crippen LogP contribution in [0.3, 0.4) is 0 Å². The van der Waals surface area contributed by atoms with Crippen molar-refractivity contribution >= 4 is 49.3 Å². The molecule has 0 unspecified atom stereocenters. The number of hydrogen-bond donors (Lipinski definition) is 0. The fourth-order valence-corrected chi connectivity index (χ4v) is 8.89. The molecule has 0 radical (unpaired) electrons. The van der Waals surface area contributed by atoms with Crippen molar-refractivity contribution in [1.82, 2.24) is 49.0 Å². The zero-order valence-electron chi connectivity index (χ0n) is 34.4. The minimum Gasteiger partial charge on any atom is -0.308 e. The van der Waals surface area contributed by atoms with Gasteiger partial charge in [-0.05, 0) is 127 Å². The quantitative estimate of drug-likeness (QED) is 0.145. The van der Waals surface area contributed by atoms with E-state index in [9.17, 15) is 0 Å². The third kappa shape index (κ3) is 6.23. The van der Waals surface area contributed by atoms with Gasteiger partial charge >= 0.3 is 0 Å². The van der Waals surface area contributed by atoms with Gasteiger partial charge in [-0.2, -0.15) is 0 Å². The maximum atomic E-state index is 16.0. The van der Waals surface area contributed by atoms with Gasteiger partial charge in [0.1, 0.15) is 11.6 Å². The molecule has 66 heavy (non-hydrogen) atoms. The summed E-state index contributed by atoms with van der Waals surface area (Å²) in [4.78, 5) is 40.3. The highest BCUT2D eigenvalue weighted by Gasteiger charge is 2.26. The van der Waals surface area contributed by atoms with Crippen LogP contribution in [0.25, 0.3) is 117 Å². The highest BCUT2D eigenvalue weighted by molar-refractivity contribution is 6.14. The molecule has 11 nitrogen and oxygen atoms in total. The standard InChI is InChI=1S/C53H29F2N11/c1-56-42-30-48(66-45-15-11-33(52-61-21-5-22-62-52)27-37(45)38-28-34(12-16-46(38)66)53-63-23-6-24-64-53)47(29-39(42)49-40(54)7-2-8-41(49)55)65-43-13-9-31(50-57-17-3-18-58-50)25-35(43)36-26-32(10-14-44(36)65)51-59-19-4-20-60-51/h2-30H. The van der Waals surface area contributed by atoms with E-state index in [1.54, 1.807) is 86.0 Å². The zero-order valence-corrected chi connectivity index (χ0v) is 34.4. The molecule has 0 bridgehead atoms. The molecule has 13 heteroatoms. The lowest BCUT2D eigenvalue weighted by Gasteiger charge is -2.20. The van der Waals surface area contributed by atoms with Crippen LogP contribution in [0.2, 0.25) is 0 Å². The third-order valence-electron chi connectivity index (χ3n) is 11.8. The number of benzene rings is 6. The van der Waals surface area contributed by atoms with Gasteiger partial charge in [0.05, 0.1) is 40.0 Å². The number of nitrogens with zero attached hydrogens (tertiary/aromatic N) is 11. The Labute approximate surface area is 373 Å². The molecule has 0 aliphatic heterocycles. The Kier molecular flexibility index (Phi) is 8.95. The van der Waals surface area contributed by atoms with E-state index >= 15 is 8.78 Å². The monoisotopic (exact) mass is 857 g/mol. The third-order valence-corrected chi connectivity index (χ3v) is 11.8. The summed E-state index contributed by atoms with van der Waals surface area (Å²) in [5.41, 5.74) is 7.33. The number of halogens is 2. The molecule has 12 rings (SSSR count). The maximum Gasteiger partial charge on any atom is 0.197 e. The van der Waals surface area contributed by atoms with Crippen molar-refractivity contribution in [2.75, 3.05) is 0 Å². The Morgan fingerprint density at radius 1 is 0.379 bits per heavy atom. The molecule has 0 saturated heterocycles. The van der Waals surface area contributed by atoms with Crippen LogP contribution in [0.1, 0.15) is 0 Å². The van der Waals surface area contributed by atoms with Gasteiger partial charge in [0.2, 0.25) is 0 Å². The Bertz CT molecular complexity index is 3690. The van der Waals surface area contributed by atoms with E-state index in [2.05, 4.69) is 66.0 Å². The van der Waals surface area contributed by atoms with Gasteiger partial charge in [-0.25, -0.2) is 53.5 Å². The lowest BCUT2D eigenvalue weighted by molar-refractivity contribution is 0.590. The van der Waals surface area contributed by atoms with Gasteiger partial charge < -0.3 is 9.13 Å². The molecule has 0 spiro atoms. The Morgan fingerprint density at radius 2 is 0.697 bits per heavy atom. The lowest BCUT2D eigenvalue weighted by Crippen LogP contribution is -2.05. The lowest BCUT2D eigenvalue weighted by atomic mass is 10.00. The van der Waals surface area contributed by atoms with Gasteiger partial charge in [-0.1, -0.05) is 6.07 Å². The minimum atomic E-state index is -0.788. The van der Waals surface area contributed by atoms with Crippen molar-refractivity contribution in [1.29, 1.82) is 0 Å². The number of fused-ring (bicyclic) bond motifs is 6. The van der Waals surface area contributed by atoms with Crippen LogP contribution in [0, 0.1) is 18.2 Å². The minimum absolute atomic E-state index is 0.0594. The van der Waals surface area contributed by atoms with Crippen LogP contribution in [-0.4, -0.2) is 49.0 Å². The van der Waals surface area contributed by atoms with E-state index < -0.39 is 11.6 Å². The summed E-state index contributed by atoms with van der Waals surface area (Å²) in [6.45, 7) is 8.50. The molecule has 0 N–H and O–H groups in total. The first kappa shape index (κ1) is 38.3. The average molecular weight is 858 g/mol. The van der Waals surface area contributed by atoms with Gasteiger partial charge in [-0.3, -0.25) is 0 Å². The van der Waals surface area contributed by atoms with Crippen LogP contribution in [-0.2, 0) is 0 Å². The second-order valence-corrected chi connectivity index (χ2v) is 15.5. The number of rotatable bonds is 7. The Balaban J connectivity index is 1.22. The van der Waals surface area contributed by atoms with Crippen LogP contribution in [0.5, 0.6) is 0 Å². The van der Waals surface area contributed by atoms with Gasteiger partial charge in [-0.15, -0.1) is 0 Å². The van der Waals surface area contributed by atoms with E-state index in [0.29, 0.717) is 34.7 Å². The van der Waals surface area contributed by atoms with E-state index in [1.807, 2.05) is 60.7 Å². The first-order chi connectivity index (χ1) is 32.5. The molecule has 0 aliphatic carbocycles. The molecule has 0 saturated carbocycles. The summed E-state index contributed by atoms with van der Waals surface area (Å²) in [5.74, 6) is 0.635. The van der Waals surface area contributed by atoms with Crippen molar-refractivity contribution in [2.45, 2.75) is 0 Å². The largest absolute Gasteiger partial charge is 0.308 e. The smallest absolute Gasteiger partial charge is 0.197 e. The Hall–Kier alpha value is -9.41. The molecule has 310 valence electrons. The summed E-state index contributed by atoms with van der Waals surface area (Å²) < 4.78 is 36.2. The normalized spacial score (nSPS) is 11.5. The van der Waals surface area contributed by atoms with Gasteiger partial charge in [0.25, 0.3) is 0 Å². The van der Waals surface area contributed by atoms with Crippen molar-refractivity contribution in [3.8, 4) is 68.1 Å². The van der Waals surface area contributed by atoms with Crippen LogP contribution < -0.4 is 0 Å². The van der Waals surface area contributed by atoms with Crippen LogP contribution in [0.15, 0.2) is 177 Å². The van der Waals surface area contributed by atoms with Gasteiger partial charge in [0.15, 0.2) is 29.0 Å². The fourth-order valence-electron chi connectivity index (χ4n) is 8.89. The van der Waals surface area contributed by atoms with Crippen molar-refractivity contribution in [3.63, 3.8) is 0 Å². The van der Waals surface area contributed by atoms with Gasteiger partial charge in [0, 0.05) is 98.9 Å². The molecule has 0 amide bonds. The highest BCUT2D eigenvalue weighted by Crippen LogP contribution is 2.45. The molecule has 12 aromatic rings. The van der Waals surface area contributed by atoms with E-state index in [0.717, 1.165) is 65.9 Å². The second kappa shape index (κ2) is 15.4. The Morgan fingerprint density at radius 3 is 1.02 bits per heavy atom. The molecule has 6 aromatic heterocycles. The molecule has 6 heterocycles. The first-order valence-corrected chi connectivity index (χ1v) is 20.8. The van der Waals surface area contributed by atoms with E-state index in [-0.39, 0.29) is 16.8 Å².